The number of nitrogens with one attached hydrogen (secondary N) is 2. The molecule has 0 saturated carbocycles. The van der Waals surface area contributed by atoms with Crippen LogP contribution in [0.2, 0.25) is 0 Å². The van der Waals surface area contributed by atoms with Crippen molar-refractivity contribution in [3.8, 4) is 0 Å². The Hall–Kier alpha value is -1.88. The number of anilines is 1. The van der Waals surface area contributed by atoms with Gasteiger partial charge in [0, 0.05) is 36.6 Å². The highest BCUT2D eigenvalue weighted by molar-refractivity contribution is 5.84. The number of benzene rings is 1. The highest BCUT2D eigenvalue weighted by atomic mass is 16.1. The van der Waals surface area contributed by atoms with Gasteiger partial charge in [-0.2, -0.15) is 0 Å². The number of carbonyl (C=O) groups is 1. The molecule has 2 aliphatic heterocycles. The summed E-state index contributed by atoms with van der Waals surface area (Å²) in [5, 5.41) is 9.80. The van der Waals surface area contributed by atoms with Crippen LogP contribution in [-0.4, -0.2) is 43.2 Å². The summed E-state index contributed by atoms with van der Waals surface area (Å²) in [7, 11) is 0. The van der Waals surface area contributed by atoms with Gasteiger partial charge in [-0.3, -0.25) is 4.79 Å². The number of nitrogens with zero attached hydrogens (tertiary/aromatic N) is 1. The lowest BCUT2D eigenvalue weighted by molar-refractivity contribution is -0.110. The molecule has 4 N–H and O–H groups in total. The minimum absolute atomic E-state index is 0.450. The fourth-order valence-electron chi connectivity index (χ4n) is 2.89. The maximum absolute atomic E-state index is 10.1. The van der Waals surface area contributed by atoms with Crippen molar-refractivity contribution < 1.29 is 4.79 Å². The maximum atomic E-state index is 10.1. The second kappa shape index (κ2) is 6.52. The molecule has 2 fully saturated rings. The Kier molecular flexibility index (Phi) is 4.74. The molecule has 2 aliphatic rings. The predicted octanol–water partition coefficient (Wildman–Crippen LogP) is 1.01. The van der Waals surface area contributed by atoms with Gasteiger partial charge in [-0.05, 0) is 37.4 Å². The van der Waals surface area contributed by atoms with E-state index < -0.39 is 0 Å². The summed E-state index contributed by atoms with van der Waals surface area (Å²) in [4.78, 5) is 12.5. The van der Waals surface area contributed by atoms with E-state index in [4.69, 9.17) is 11.1 Å². The van der Waals surface area contributed by atoms with E-state index in [1.165, 1.54) is 25.7 Å². The first kappa shape index (κ1) is 14.5. The van der Waals surface area contributed by atoms with Crippen LogP contribution in [0.15, 0.2) is 18.2 Å². The van der Waals surface area contributed by atoms with Crippen LogP contribution in [-0.2, 0) is 4.79 Å². The molecule has 20 heavy (non-hydrogen) atoms. The Morgan fingerprint density at radius 2 is 2.25 bits per heavy atom. The summed E-state index contributed by atoms with van der Waals surface area (Å²) >= 11 is 0. The number of aryl methyl sites for hydroxylation is 1. The van der Waals surface area contributed by atoms with Crippen LogP contribution < -0.4 is 11.1 Å². The second-order valence-electron chi connectivity index (χ2n) is 5.48. The van der Waals surface area contributed by atoms with Gasteiger partial charge in [0.2, 0.25) is 6.41 Å². The third-order valence-electron chi connectivity index (χ3n) is 4.01. The molecule has 5 heteroatoms. The van der Waals surface area contributed by atoms with Crippen LogP contribution >= 0.6 is 0 Å². The van der Waals surface area contributed by atoms with Crippen molar-refractivity contribution in [2.45, 2.75) is 19.4 Å². The molecule has 0 aliphatic carbocycles. The van der Waals surface area contributed by atoms with Gasteiger partial charge in [-0.1, -0.05) is 12.1 Å². The fourth-order valence-corrected chi connectivity index (χ4v) is 2.89. The molecule has 2 bridgehead atoms. The Bertz CT molecular complexity index is 489. The molecule has 2 heterocycles. The van der Waals surface area contributed by atoms with Crippen LogP contribution in [0.1, 0.15) is 17.5 Å². The minimum Gasteiger partial charge on any atom is -0.398 e. The van der Waals surface area contributed by atoms with E-state index in [2.05, 4.69) is 10.2 Å². The van der Waals surface area contributed by atoms with Crippen molar-refractivity contribution in [2.75, 3.05) is 25.4 Å². The average molecular weight is 274 g/mol. The molecule has 3 unspecified atom stereocenters. The van der Waals surface area contributed by atoms with Crippen molar-refractivity contribution in [3.05, 3.63) is 29.3 Å². The molecule has 0 radical (unpaired) electrons. The number of rotatable bonds is 3. The SMILES string of the molecule is Cc1ccc(C=N)c(N)c1.O=CNC1CN2CCC1C2. The fraction of sp³-hybridized carbons (Fsp3) is 0.467. The van der Waals surface area contributed by atoms with Crippen LogP contribution in [0.25, 0.3) is 0 Å². The Balaban J connectivity index is 0.000000147. The summed E-state index contributed by atoms with van der Waals surface area (Å²) in [6.45, 7) is 5.49. The van der Waals surface area contributed by atoms with E-state index >= 15 is 0 Å². The maximum Gasteiger partial charge on any atom is 0.207 e. The topological polar surface area (TPSA) is 82.2 Å². The van der Waals surface area contributed by atoms with Crippen molar-refractivity contribution in [1.29, 1.82) is 5.41 Å². The summed E-state index contributed by atoms with van der Waals surface area (Å²) < 4.78 is 0. The summed E-state index contributed by atoms with van der Waals surface area (Å²) in [5.74, 6) is 0.741. The normalized spacial score (nSPS) is 26.6. The van der Waals surface area contributed by atoms with Gasteiger partial charge in [-0.25, -0.2) is 0 Å². The van der Waals surface area contributed by atoms with Gasteiger partial charge < -0.3 is 21.4 Å². The highest BCUT2D eigenvalue weighted by Crippen LogP contribution is 2.27. The van der Waals surface area contributed by atoms with E-state index in [-0.39, 0.29) is 0 Å². The number of piperidine rings is 1. The van der Waals surface area contributed by atoms with Crippen molar-refractivity contribution in [3.63, 3.8) is 0 Å². The molecule has 3 rings (SSSR count). The second-order valence-corrected chi connectivity index (χ2v) is 5.48. The monoisotopic (exact) mass is 274 g/mol. The molecule has 2 saturated heterocycles. The van der Waals surface area contributed by atoms with Gasteiger partial charge >= 0.3 is 0 Å². The quantitative estimate of drug-likeness (QED) is 0.437. The van der Waals surface area contributed by atoms with E-state index in [0.29, 0.717) is 11.7 Å². The standard InChI is InChI=1S/C8H10N2.C7H12N2O/c1-6-2-3-7(5-9)8(10)4-6;10-5-8-7-4-9-2-1-6(7)3-9/h2-5,9H,10H2,1H3;5-7H,1-4H2,(H,8,10). The summed E-state index contributed by atoms with van der Waals surface area (Å²) in [5.41, 5.74) is 8.17. The van der Waals surface area contributed by atoms with Crippen molar-refractivity contribution in [1.82, 2.24) is 10.2 Å². The zero-order valence-electron chi connectivity index (χ0n) is 11.8. The number of carbonyl (C=O) groups excluding carboxylic acids is 1. The van der Waals surface area contributed by atoms with Gasteiger partial charge in [0.05, 0.1) is 0 Å². The molecule has 1 amide bonds. The molecule has 0 spiro atoms. The zero-order chi connectivity index (χ0) is 14.5. The number of amides is 1. The van der Waals surface area contributed by atoms with Crippen LogP contribution in [0, 0.1) is 18.3 Å². The molecule has 1 aromatic rings. The van der Waals surface area contributed by atoms with E-state index in [0.717, 1.165) is 30.0 Å². The number of hydrogen-bond acceptors (Lipinski definition) is 4. The zero-order valence-corrected chi connectivity index (χ0v) is 11.8. The van der Waals surface area contributed by atoms with E-state index in [1.54, 1.807) is 0 Å². The van der Waals surface area contributed by atoms with Crippen LogP contribution in [0.4, 0.5) is 5.69 Å². The lowest BCUT2D eigenvalue weighted by atomic mass is 10.0. The highest BCUT2D eigenvalue weighted by Gasteiger charge is 2.37. The largest absolute Gasteiger partial charge is 0.398 e. The molecule has 108 valence electrons. The molecule has 1 aromatic carbocycles. The summed E-state index contributed by atoms with van der Waals surface area (Å²) in [6, 6.07) is 6.10. The average Bonchev–Trinajstić information content (AvgIpc) is 3.02. The first-order valence-electron chi connectivity index (χ1n) is 6.92. The van der Waals surface area contributed by atoms with Gasteiger partial charge in [0.1, 0.15) is 0 Å². The van der Waals surface area contributed by atoms with Crippen molar-refractivity contribution >= 4 is 18.3 Å². The predicted molar refractivity (Wildman–Crippen MR) is 81.0 cm³/mol. The number of hydrogen-bond donors (Lipinski definition) is 3. The molecule has 0 aromatic heterocycles. The smallest absolute Gasteiger partial charge is 0.207 e. The van der Waals surface area contributed by atoms with E-state index in [9.17, 15) is 4.79 Å². The third kappa shape index (κ3) is 3.36. The Morgan fingerprint density at radius 3 is 2.75 bits per heavy atom. The minimum atomic E-state index is 0.450. The lowest BCUT2D eigenvalue weighted by Crippen LogP contribution is -2.38. The number of nitrogens with two attached hydrogens (primary N) is 1. The van der Waals surface area contributed by atoms with Crippen molar-refractivity contribution in [2.24, 2.45) is 5.92 Å². The van der Waals surface area contributed by atoms with Gasteiger partial charge in [0.25, 0.3) is 0 Å². The molecule has 5 nitrogen and oxygen atoms in total. The van der Waals surface area contributed by atoms with E-state index in [1.807, 2.05) is 25.1 Å². The molecular formula is C15H22N4O. The van der Waals surface area contributed by atoms with Gasteiger partial charge in [0.15, 0.2) is 0 Å². The Morgan fingerprint density at radius 1 is 1.45 bits per heavy atom. The molecular weight excluding hydrogens is 252 g/mol. The lowest BCUT2D eigenvalue weighted by Gasteiger charge is -2.20. The first-order valence-corrected chi connectivity index (χ1v) is 6.92. The van der Waals surface area contributed by atoms with Gasteiger partial charge in [-0.15, -0.1) is 0 Å². The molecule has 3 atom stereocenters. The summed E-state index contributed by atoms with van der Waals surface area (Å²) in [6.07, 6.45) is 3.35. The number of fused-ring (bicyclic) bond motifs is 2. The Labute approximate surface area is 119 Å². The van der Waals surface area contributed by atoms with Crippen LogP contribution in [0.5, 0.6) is 0 Å². The first-order chi connectivity index (χ1) is 9.63. The number of nitrogen functional groups attached to an aromatic ring is 1. The third-order valence-corrected chi connectivity index (χ3v) is 4.01. The van der Waals surface area contributed by atoms with Crippen LogP contribution in [0.3, 0.4) is 0 Å².